The molecule has 0 saturated heterocycles. The first kappa shape index (κ1) is 18.3. The van der Waals surface area contributed by atoms with Gasteiger partial charge < -0.3 is 4.74 Å². The lowest BCUT2D eigenvalue weighted by Crippen LogP contribution is -2.31. The molecule has 0 fully saturated rings. The summed E-state index contributed by atoms with van der Waals surface area (Å²) in [5.74, 6) is 1.54. The molecule has 1 rings (SSSR count). The van der Waals surface area contributed by atoms with Crippen molar-refractivity contribution in [1.82, 2.24) is 4.31 Å². The van der Waals surface area contributed by atoms with Crippen LogP contribution in [0.15, 0.2) is 29.2 Å². The van der Waals surface area contributed by atoms with Gasteiger partial charge in [0.1, 0.15) is 5.75 Å². The Morgan fingerprint density at radius 2 is 1.90 bits per heavy atom. The highest BCUT2D eigenvalue weighted by atomic mass is 35.5. The standard InChI is InChI=1S/C15H24ClNO3S/c1-4-13(2)12-17(3)21(18,19)15-8-6-14(7-9-15)20-11-5-10-16/h6-9,13H,4-5,10-12H2,1-3H3. The van der Waals surface area contributed by atoms with Crippen LogP contribution in [0, 0.1) is 5.92 Å². The molecule has 0 heterocycles. The Balaban J connectivity index is 2.75. The second kappa shape index (κ2) is 8.61. The van der Waals surface area contributed by atoms with E-state index < -0.39 is 10.0 Å². The van der Waals surface area contributed by atoms with E-state index in [2.05, 4.69) is 6.92 Å². The second-order valence-electron chi connectivity index (χ2n) is 5.16. The number of nitrogens with zero attached hydrogens (tertiary/aromatic N) is 1. The molecule has 1 atom stereocenters. The summed E-state index contributed by atoms with van der Waals surface area (Å²) in [6.45, 7) is 5.15. The molecule has 0 saturated carbocycles. The topological polar surface area (TPSA) is 46.6 Å². The molecule has 0 bridgehead atoms. The normalized spacial score (nSPS) is 13.4. The summed E-state index contributed by atoms with van der Waals surface area (Å²) in [7, 11) is -1.81. The molecule has 0 aromatic heterocycles. The minimum absolute atomic E-state index is 0.290. The fourth-order valence-electron chi connectivity index (χ4n) is 1.80. The Hall–Kier alpha value is -0.780. The zero-order valence-corrected chi connectivity index (χ0v) is 14.5. The Kier molecular flexibility index (Phi) is 7.49. The summed E-state index contributed by atoms with van der Waals surface area (Å²) in [4.78, 5) is 0.290. The van der Waals surface area contributed by atoms with Crippen molar-refractivity contribution < 1.29 is 13.2 Å². The predicted molar refractivity (Wildman–Crippen MR) is 86.5 cm³/mol. The highest BCUT2D eigenvalue weighted by molar-refractivity contribution is 7.89. The number of rotatable bonds is 9. The van der Waals surface area contributed by atoms with Crippen LogP contribution in [0.3, 0.4) is 0 Å². The summed E-state index contributed by atoms with van der Waals surface area (Å²) >= 11 is 5.58. The molecule has 0 aliphatic carbocycles. The van der Waals surface area contributed by atoms with Gasteiger partial charge in [-0.15, -0.1) is 11.6 Å². The minimum atomic E-state index is -3.43. The van der Waals surface area contributed by atoms with Crippen LogP contribution < -0.4 is 4.74 Å². The van der Waals surface area contributed by atoms with Gasteiger partial charge >= 0.3 is 0 Å². The fourth-order valence-corrected chi connectivity index (χ4v) is 3.20. The van der Waals surface area contributed by atoms with Crippen LogP contribution in [0.25, 0.3) is 0 Å². The molecule has 4 nitrogen and oxygen atoms in total. The van der Waals surface area contributed by atoms with E-state index in [1.54, 1.807) is 31.3 Å². The monoisotopic (exact) mass is 333 g/mol. The highest BCUT2D eigenvalue weighted by Crippen LogP contribution is 2.20. The van der Waals surface area contributed by atoms with E-state index in [0.717, 1.165) is 12.8 Å². The van der Waals surface area contributed by atoms with E-state index in [1.807, 2.05) is 6.92 Å². The number of hydrogen-bond acceptors (Lipinski definition) is 3. The van der Waals surface area contributed by atoms with Crippen molar-refractivity contribution >= 4 is 21.6 Å². The van der Waals surface area contributed by atoms with Crippen LogP contribution >= 0.6 is 11.6 Å². The number of ether oxygens (including phenoxy) is 1. The molecule has 1 aromatic carbocycles. The Morgan fingerprint density at radius 1 is 1.29 bits per heavy atom. The fraction of sp³-hybridized carbons (Fsp3) is 0.600. The number of alkyl halides is 1. The highest BCUT2D eigenvalue weighted by Gasteiger charge is 2.21. The van der Waals surface area contributed by atoms with E-state index in [9.17, 15) is 8.42 Å². The van der Waals surface area contributed by atoms with Crippen molar-refractivity contribution in [3.05, 3.63) is 24.3 Å². The summed E-state index contributed by atoms with van der Waals surface area (Å²) in [6.07, 6.45) is 1.71. The zero-order valence-electron chi connectivity index (χ0n) is 12.9. The van der Waals surface area contributed by atoms with Crippen LogP contribution in [-0.2, 0) is 10.0 Å². The molecule has 0 radical (unpaired) electrons. The Labute approximate surface area is 133 Å². The number of benzene rings is 1. The van der Waals surface area contributed by atoms with Gasteiger partial charge in [0.25, 0.3) is 0 Å². The average molecular weight is 334 g/mol. The maximum absolute atomic E-state index is 12.4. The van der Waals surface area contributed by atoms with Crippen molar-refractivity contribution in [2.45, 2.75) is 31.6 Å². The number of hydrogen-bond donors (Lipinski definition) is 0. The molecule has 0 N–H and O–H groups in total. The van der Waals surface area contributed by atoms with E-state index in [4.69, 9.17) is 16.3 Å². The SMILES string of the molecule is CCC(C)CN(C)S(=O)(=O)c1ccc(OCCCCl)cc1. The van der Waals surface area contributed by atoms with Crippen molar-refractivity contribution in [3.8, 4) is 5.75 Å². The number of sulfonamides is 1. The van der Waals surface area contributed by atoms with Crippen molar-refractivity contribution in [2.75, 3.05) is 26.1 Å². The van der Waals surface area contributed by atoms with Gasteiger partial charge in [0.05, 0.1) is 11.5 Å². The molecular formula is C15H24ClNO3S. The van der Waals surface area contributed by atoms with Gasteiger partial charge in [-0.05, 0) is 36.6 Å². The van der Waals surface area contributed by atoms with E-state index in [1.165, 1.54) is 4.31 Å². The van der Waals surface area contributed by atoms with Crippen LogP contribution in [0.1, 0.15) is 26.7 Å². The molecular weight excluding hydrogens is 310 g/mol. The van der Waals surface area contributed by atoms with Gasteiger partial charge in [0.2, 0.25) is 10.0 Å². The van der Waals surface area contributed by atoms with Crippen molar-refractivity contribution in [3.63, 3.8) is 0 Å². The van der Waals surface area contributed by atoms with Gasteiger partial charge in [-0.1, -0.05) is 20.3 Å². The second-order valence-corrected chi connectivity index (χ2v) is 7.58. The summed E-state index contributed by atoms with van der Waals surface area (Å²) in [6, 6.07) is 6.52. The summed E-state index contributed by atoms with van der Waals surface area (Å²) in [5.41, 5.74) is 0. The lowest BCUT2D eigenvalue weighted by Gasteiger charge is -2.20. The van der Waals surface area contributed by atoms with Crippen LogP contribution in [-0.4, -0.2) is 38.8 Å². The maximum Gasteiger partial charge on any atom is 0.242 e. The lowest BCUT2D eigenvalue weighted by atomic mass is 10.1. The van der Waals surface area contributed by atoms with E-state index in [-0.39, 0.29) is 4.90 Å². The molecule has 1 aromatic rings. The molecule has 21 heavy (non-hydrogen) atoms. The van der Waals surface area contributed by atoms with Gasteiger partial charge in [-0.25, -0.2) is 12.7 Å². The third-order valence-electron chi connectivity index (χ3n) is 3.34. The molecule has 120 valence electrons. The molecule has 0 spiro atoms. The van der Waals surface area contributed by atoms with Gasteiger partial charge in [0, 0.05) is 19.5 Å². The lowest BCUT2D eigenvalue weighted by molar-refractivity contribution is 0.318. The first-order valence-corrected chi connectivity index (χ1v) is 9.14. The van der Waals surface area contributed by atoms with E-state index >= 15 is 0 Å². The van der Waals surface area contributed by atoms with Crippen LogP contribution in [0.2, 0.25) is 0 Å². The van der Waals surface area contributed by atoms with Crippen LogP contribution in [0.4, 0.5) is 0 Å². The summed E-state index contributed by atoms with van der Waals surface area (Å²) < 4.78 is 31.7. The van der Waals surface area contributed by atoms with Crippen LogP contribution in [0.5, 0.6) is 5.75 Å². The third-order valence-corrected chi connectivity index (χ3v) is 5.45. The smallest absolute Gasteiger partial charge is 0.242 e. The Bertz CT molecular complexity index is 516. The van der Waals surface area contributed by atoms with Gasteiger partial charge in [-0.2, -0.15) is 0 Å². The minimum Gasteiger partial charge on any atom is -0.494 e. The number of halogens is 1. The van der Waals surface area contributed by atoms with Gasteiger partial charge in [0.15, 0.2) is 0 Å². The Morgan fingerprint density at radius 3 is 2.43 bits per heavy atom. The largest absolute Gasteiger partial charge is 0.494 e. The van der Waals surface area contributed by atoms with Crippen molar-refractivity contribution in [2.24, 2.45) is 5.92 Å². The molecule has 0 amide bonds. The summed E-state index contributed by atoms with van der Waals surface area (Å²) in [5, 5.41) is 0. The molecule has 6 heteroatoms. The molecule has 0 aliphatic rings. The van der Waals surface area contributed by atoms with E-state index in [0.29, 0.717) is 30.7 Å². The third kappa shape index (κ3) is 5.49. The van der Waals surface area contributed by atoms with Gasteiger partial charge in [-0.3, -0.25) is 0 Å². The average Bonchev–Trinajstić information content (AvgIpc) is 2.47. The molecule has 0 aliphatic heterocycles. The maximum atomic E-state index is 12.4. The molecule has 1 unspecified atom stereocenters. The quantitative estimate of drug-likeness (QED) is 0.514. The predicted octanol–water partition coefficient (Wildman–Crippen LogP) is 3.36. The van der Waals surface area contributed by atoms with Crippen molar-refractivity contribution in [1.29, 1.82) is 0 Å². The first-order valence-electron chi connectivity index (χ1n) is 7.17. The zero-order chi connectivity index (χ0) is 15.9. The first-order chi connectivity index (χ1) is 9.91.